The lowest BCUT2D eigenvalue weighted by atomic mass is 9.85. The zero-order valence-corrected chi connectivity index (χ0v) is 13.7. The maximum atomic E-state index is 12.8. The Kier molecular flexibility index (Phi) is 5.47. The Hall–Kier alpha value is -1.70. The van der Waals surface area contributed by atoms with Crippen LogP contribution in [-0.4, -0.2) is 29.9 Å². The Labute approximate surface area is 138 Å². The van der Waals surface area contributed by atoms with E-state index in [4.69, 9.17) is 4.42 Å². The fourth-order valence-corrected chi connectivity index (χ4v) is 2.92. The molecule has 1 aliphatic carbocycles. The van der Waals surface area contributed by atoms with Crippen molar-refractivity contribution in [3.05, 3.63) is 23.7 Å². The minimum absolute atomic E-state index is 0.106. The number of carbonyl (C=O) groups excluding carboxylic acids is 1. The second-order valence-corrected chi connectivity index (χ2v) is 6.61. The third-order valence-electron chi connectivity index (χ3n) is 4.34. The van der Waals surface area contributed by atoms with Gasteiger partial charge in [0.05, 0.1) is 12.5 Å². The molecular weight excluding hydrogens is 325 g/mol. The molecule has 1 aromatic rings. The van der Waals surface area contributed by atoms with Gasteiger partial charge in [0.15, 0.2) is 0 Å². The molecule has 0 spiro atoms. The van der Waals surface area contributed by atoms with Crippen molar-refractivity contribution in [2.24, 2.45) is 5.92 Å². The summed E-state index contributed by atoms with van der Waals surface area (Å²) >= 11 is 0. The van der Waals surface area contributed by atoms with E-state index in [1.165, 1.54) is 6.92 Å². The number of furan rings is 1. The van der Waals surface area contributed by atoms with Gasteiger partial charge < -0.3 is 20.2 Å². The molecule has 0 aliphatic heterocycles. The van der Waals surface area contributed by atoms with Gasteiger partial charge in [-0.3, -0.25) is 0 Å². The summed E-state index contributed by atoms with van der Waals surface area (Å²) in [7, 11) is 0. The highest BCUT2D eigenvalue weighted by molar-refractivity contribution is 5.74. The number of nitrogens with one attached hydrogen (secondary N) is 2. The maximum Gasteiger partial charge on any atom is 0.391 e. The minimum Gasteiger partial charge on any atom is -0.463 e. The second-order valence-electron chi connectivity index (χ2n) is 6.61. The molecule has 0 saturated heterocycles. The Bertz CT molecular complexity index is 569. The van der Waals surface area contributed by atoms with E-state index in [2.05, 4.69) is 10.6 Å². The first kappa shape index (κ1) is 18.6. The first-order chi connectivity index (χ1) is 11.1. The van der Waals surface area contributed by atoms with Gasteiger partial charge in [0.2, 0.25) is 0 Å². The largest absolute Gasteiger partial charge is 0.463 e. The molecule has 3 atom stereocenters. The Morgan fingerprint density at radius 2 is 2.08 bits per heavy atom. The predicted octanol–water partition coefficient (Wildman–Crippen LogP) is 3.22. The van der Waals surface area contributed by atoms with Crippen molar-refractivity contribution in [2.45, 2.75) is 57.3 Å². The number of alkyl halides is 3. The summed E-state index contributed by atoms with van der Waals surface area (Å²) in [6.07, 6.45) is -3.27. The van der Waals surface area contributed by atoms with Gasteiger partial charge in [-0.1, -0.05) is 6.42 Å². The van der Waals surface area contributed by atoms with E-state index in [0.29, 0.717) is 24.4 Å². The molecule has 1 fully saturated rings. The quantitative estimate of drug-likeness (QED) is 0.782. The maximum absolute atomic E-state index is 12.8. The normalized spacial score (nSPS) is 24.2. The van der Waals surface area contributed by atoms with Crippen molar-refractivity contribution in [1.82, 2.24) is 10.6 Å². The number of halogens is 3. The van der Waals surface area contributed by atoms with E-state index in [9.17, 15) is 23.1 Å². The molecule has 24 heavy (non-hydrogen) atoms. The summed E-state index contributed by atoms with van der Waals surface area (Å²) in [5.41, 5.74) is -1.40. The van der Waals surface area contributed by atoms with Gasteiger partial charge in [-0.2, -0.15) is 13.2 Å². The zero-order chi connectivity index (χ0) is 18.0. The molecule has 2 amide bonds. The summed E-state index contributed by atoms with van der Waals surface area (Å²) in [5, 5.41) is 15.4. The molecule has 8 heteroatoms. The molecular formula is C16H23F3N2O3. The number of aliphatic hydroxyl groups is 1. The average molecular weight is 348 g/mol. The number of carbonyl (C=O) groups is 1. The summed E-state index contributed by atoms with van der Waals surface area (Å²) in [5.74, 6) is -0.420. The first-order valence-electron chi connectivity index (χ1n) is 7.98. The standard InChI is InChI=1S/C16H23F3N2O3/c1-10-6-7-13(24-10)15(2,23)9-20-14(22)21-12-5-3-4-11(8-12)16(17,18)19/h6-7,11-12,23H,3-5,8-9H2,1-2H3,(H2,20,21,22)/t11-,12-,15+/m0/s1. The monoisotopic (exact) mass is 348 g/mol. The van der Waals surface area contributed by atoms with Crippen LogP contribution in [0.2, 0.25) is 0 Å². The van der Waals surface area contributed by atoms with Crippen LogP contribution >= 0.6 is 0 Å². The van der Waals surface area contributed by atoms with Crippen molar-refractivity contribution in [3.8, 4) is 0 Å². The van der Waals surface area contributed by atoms with Gasteiger partial charge in [-0.15, -0.1) is 0 Å². The van der Waals surface area contributed by atoms with Crippen LogP contribution in [0.5, 0.6) is 0 Å². The smallest absolute Gasteiger partial charge is 0.391 e. The summed E-state index contributed by atoms with van der Waals surface area (Å²) in [4.78, 5) is 11.9. The lowest BCUT2D eigenvalue weighted by Crippen LogP contribution is -2.48. The van der Waals surface area contributed by atoms with Crippen molar-refractivity contribution in [3.63, 3.8) is 0 Å². The van der Waals surface area contributed by atoms with Crippen LogP contribution in [0.3, 0.4) is 0 Å². The molecule has 0 unspecified atom stereocenters. The van der Waals surface area contributed by atoms with Crippen LogP contribution in [0, 0.1) is 12.8 Å². The molecule has 0 aromatic carbocycles. The SMILES string of the molecule is Cc1ccc([C@](C)(O)CNC(=O)N[C@H]2CCC[C@H](C(F)(F)F)C2)o1. The molecule has 5 nitrogen and oxygen atoms in total. The number of hydrogen-bond acceptors (Lipinski definition) is 3. The second kappa shape index (κ2) is 7.04. The summed E-state index contributed by atoms with van der Waals surface area (Å²) < 4.78 is 43.7. The Morgan fingerprint density at radius 1 is 1.38 bits per heavy atom. The highest BCUT2D eigenvalue weighted by Crippen LogP contribution is 2.37. The van der Waals surface area contributed by atoms with Crippen molar-refractivity contribution in [2.75, 3.05) is 6.54 Å². The number of urea groups is 1. The summed E-state index contributed by atoms with van der Waals surface area (Å²) in [6, 6.07) is 2.21. The fraction of sp³-hybridized carbons (Fsp3) is 0.688. The average Bonchev–Trinajstić information content (AvgIpc) is 2.92. The van der Waals surface area contributed by atoms with Crippen LogP contribution in [0.25, 0.3) is 0 Å². The number of amides is 2. The molecule has 1 aliphatic rings. The minimum atomic E-state index is -4.22. The highest BCUT2D eigenvalue weighted by atomic mass is 19.4. The van der Waals surface area contributed by atoms with Crippen LogP contribution in [0.15, 0.2) is 16.5 Å². The fourth-order valence-electron chi connectivity index (χ4n) is 2.92. The van der Waals surface area contributed by atoms with Crippen LogP contribution in [-0.2, 0) is 5.60 Å². The van der Waals surface area contributed by atoms with Crippen LogP contribution in [0.4, 0.5) is 18.0 Å². The van der Waals surface area contributed by atoms with E-state index in [-0.39, 0.29) is 19.4 Å². The third-order valence-corrected chi connectivity index (χ3v) is 4.34. The Balaban J connectivity index is 1.83. The van der Waals surface area contributed by atoms with Gasteiger partial charge >= 0.3 is 12.2 Å². The van der Waals surface area contributed by atoms with Gasteiger partial charge in [0.1, 0.15) is 17.1 Å². The number of hydrogen-bond donors (Lipinski definition) is 3. The molecule has 0 bridgehead atoms. The topological polar surface area (TPSA) is 74.5 Å². The predicted molar refractivity (Wildman–Crippen MR) is 81.4 cm³/mol. The van der Waals surface area contributed by atoms with Crippen molar-refractivity contribution >= 4 is 6.03 Å². The summed E-state index contributed by atoms with van der Waals surface area (Å²) in [6.45, 7) is 3.12. The molecule has 1 heterocycles. The van der Waals surface area contributed by atoms with E-state index in [1.54, 1.807) is 19.1 Å². The number of rotatable bonds is 4. The zero-order valence-electron chi connectivity index (χ0n) is 13.7. The lowest BCUT2D eigenvalue weighted by molar-refractivity contribution is -0.183. The lowest BCUT2D eigenvalue weighted by Gasteiger charge is -2.31. The highest BCUT2D eigenvalue weighted by Gasteiger charge is 2.42. The molecule has 1 aromatic heterocycles. The van der Waals surface area contributed by atoms with Crippen LogP contribution < -0.4 is 10.6 Å². The van der Waals surface area contributed by atoms with Crippen molar-refractivity contribution < 1.29 is 27.5 Å². The molecule has 136 valence electrons. The Morgan fingerprint density at radius 3 is 2.67 bits per heavy atom. The van der Waals surface area contributed by atoms with E-state index >= 15 is 0 Å². The van der Waals surface area contributed by atoms with Gasteiger partial charge in [-0.25, -0.2) is 4.79 Å². The molecule has 0 radical (unpaired) electrons. The molecule has 3 N–H and O–H groups in total. The van der Waals surface area contributed by atoms with Gasteiger partial charge in [0.25, 0.3) is 0 Å². The number of aryl methyl sites for hydroxylation is 1. The molecule has 2 rings (SSSR count). The molecule has 1 saturated carbocycles. The van der Waals surface area contributed by atoms with E-state index in [1.807, 2.05) is 0 Å². The van der Waals surface area contributed by atoms with E-state index in [0.717, 1.165) is 0 Å². The first-order valence-corrected chi connectivity index (χ1v) is 7.98. The van der Waals surface area contributed by atoms with Crippen molar-refractivity contribution in [1.29, 1.82) is 0 Å². The van der Waals surface area contributed by atoms with E-state index < -0.39 is 29.8 Å². The van der Waals surface area contributed by atoms with Gasteiger partial charge in [-0.05, 0) is 45.2 Å². The van der Waals surface area contributed by atoms with Gasteiger partial charge in [0, 0.05) is 6.04 Å². The van der Waals surface area contributed by atoms with Crippen LogP contribution in [0.1, 0.15) is 44.1 Å². The third kappa shape index (κ3) is 4.90.